The maximum atomic E-state index is 6.24. The molecule has 0 saturated carbocycles. The first kappa shape index (κ1) is 16.2. The van der Waals surface area contributed by atoms with Gasteiger partial charge < -0.3 is 15.2 Å². The molecule has 0 aliphatic carbocycles. The predicted octanol–water partition coefficient (Wildman–Crippen LogP) is 2.16. The van der Waals surface area contributed by atoms with Gasteiger partial charge in [0.05, 0.1) is 11.2 Å². The number of hydrogen-bond donors (Lipinski definition) is 1. The molecule has 0 aromatic carbocycles. The molecule has 0 aromatic heterocycles. The molecule has 0 amide bonds. The van der Waals surface area contributed by atoms with Gasteiger partial charge in [-0.1, -0.05) is 6.92 Å². The molecule has 4 nitrogen and oxygen atoms in total. The molecule has 118 valence electrons. The highest BCUT2D eigenvalue weighted by Crippen LogP contribution is 2.40. The monoisotopic (exact) mass is 284 g/mol. The normalized spacial score (nSPS) is 43.6. The van der Waals surface area contributed by atoms with Crippen LogP contribution >= 0.6 is 0 Å². The fourth-order valence-electron chi connectivity index (χ4n) is 3.90. The zero-order chi connectivity index (χ0) is 14.9. The molecule has 20 heavy (non-hydrogen) atoms. The molecule has 2 fully saturated rings. The molecule has 2 rings (SSSR count). The van der Waals surface area contributed by atoms with Gasteiger partial charge in [-0.3, -0.25) is 4.90 Å². The van der Waals surface area contributed by atoms with Crippen LogP contribution in [0.2, 0.25) is 0 Å². The number of likely N-dealkylation sites (tertiary alicyclic amines) is 1. The molecule has 3 atom stereocenters. The SMILES string of the molecule is CCC1(C)CC(CN)(N2CCCC(C)(OC)C2)CCO1. The van der Waals surface area contributed by atoms with Crippen LogP contribution in [-0.2, 0) is 9.47 Å². The predicted molar refractivity (Wildman–Crippen MR) is 81.9 cm³/mol. The molecule has 2 aliphatic heterocycles. The van der Waals surface area contributed by atoms with Crippen molar-refractivity contribution in [3.63, 3.8) is 0 Å². The van der Waals surface area contributed by atoms with E-state index < -0.39 is 0 Å². The molecule has 0 bridgehead atoms. The van der Waals surface area contributed by atoms with E-state index in [0.29, 0.717) is 6.54 Å². The van der Waals surface area contributed by atoms with E-state index in [9.17, 15) is 0 Å². The fraction of sp³-hybridized carbons (Fsp3) is 1.00. The summed E-state index contributed by atoms with van der Waals surface area (Å²) < 4.78 is 11.8. The number of methoxy groups -OCH3 is 1. The zero-order valence-electron chi connectivity index (χ0n) is 13.7. The average molecular weight is 284 g/mol. The molecule has 0 spiro atoms. The highest BCUT2D eigenvalue weighted by atomic mass is 16.5. The van der Waals surface area contributed by atoms with E-state index >= 15 is 0 Å². The van der Waals surface area contributed by atoms with Crippen molar-refractivity contribution in [3.05, 3.63) is 0 Å². The molecule has 0 aromatic rings. The van der Waals surface area contributed by atoms with Crippen LogP contribution in [0.15, 0.2) is 0 Å². The zero-order valence-corrected chi connectivity index (χ0v) is 13.7. The number of hydrogen-bond acceptors (Lipinski definition) is 4. The van der Waals surface area contributed by atoms with E-state index in [1.807, 2.05) is 7.11 Å². The molecule has 2 saturated heterocycles. The summed E-state index contributed by atoms with van der Waals surface area (Å²) in [6.07, 6.45) is 5.45. The lowest BCUT2D eigenvalue weighted by Crippen LogP contribution is -2.65. The average Bonchev–Trinajstić information content (AvgIpc) is 2.47. The van der Waals surface area contributed by atoms with Crippen LogP contribution in [0.25, 0.3) is 0 Å². The second-order valence-corrected chi connectivity index (χ2v) is 7.19. The van der Waals surface area contributed by atoms with Gasteiger partial charge in [-0.15, -0.1) is 0 Å². The molecule has 3 unspecified atom stereocenters. The first-order valence-corrected chi connectivity index (χ1v) is 8.05. The molecular weight excluding hydrogens is 252 g/mol. The van der Waals surface area contributed by atoms with Crippen LogP contribution in [0.3, 0.4) is 0 Å². The van der Waals surface area contributed by atoms with Crippen molar-refractivity contribution in [2.75, 3.05) is 33.4 Å². The Bertz CT molecular complexity index is 338. The number of ether oxygens (including phenoxy) is 2. The Hall–Kier alpha value is -0.160. The largest absolute Gasteiger partial charge is 0.377 e. The number of rotatable bonds is 4. The van der Waals surface area contributed by atoms with E-state index in [1.54, 1.807) is 0 Å². The summed E-state index contributed by atoms with van der Waals surface area (Å²) in [5, 5.41) is 0. The van der Waals surface area contributed by atoms with E-state index in [4.69, 9.17) is 15.2 Å². The third-order valence-electron chi connectivity index (χ3n) is 5.67. The van der Waals surface area contributed by atoms with Crippen LogP contribution in [0, 0.1) is 0 Å². The van der Waals surface area contributed by atoms with Crippen molar-refractivity contribution in [1.82, 2.24) is 4.90 Å². The summed E-state index contributed by atoms with van der Waals surface area (Å²) in [6, 6.07) is 0. The molecular formula is C16H32N2O2. The molecule has 4 heteroatoms. The van der Waals surface area contributed by atoms with Gasteiger partial charge in [0, 0.05) is 32.3 Å². The van der Waals surface area contributed by atoms with Gasteiger partial charge >= 0.3 is 0 Å². The smallest absolute Gasteiger partial charge is 0.0777 e. The number of piperidine rings is 1. The third kappa shape index (κ3) is 3.03. The van der Waals surface area contributed by atoms with Gasteiger partial charge in [-0.25, -0.2) is 0 Å². The Labute approximate surface area is 124 Å². The quantitative estimate of drug-likeness (QED) is 0.859. The third-order valence-corrected chi connectivity index (χ3v) is 5.67. The lowest BCUT2D eigenvalue weighted by molar-refractivity contribution is -0.152. The summed E-state index contributed by atoms with van der Waals surface area (Å²) in [5.74, 6) is 0. The topological polar surface area (TPSA) is 47.7 Å². The van der Waals surface area contributed by atoms with E-state index in [1.165, 1.54) is 6.42 Å². The first-order valence-electron chi connectivity index (χ1n) is 8.05. The molecule has 2 aliphatic rings. The first-order chi connectivity index (χ1) is 9.41. The van der Waals surface area contributed by atoms with Gasteiger partial charge in [0.1, 0.15) is 0 Å². The second-order valence-electron chi connectivity index (χ2n) is 7.19. The number of nitrogens with two attached hydrogens (primary N) is 1. The summed E-state index contributed by atoms with van der Waals surface area (Å²) in [7, 11) is 1.83. The van der Waals surface area contributed by atoms with E-state index in [0.717, 1.165) is 45.4 Å². The van der Waals surface area contributed by atoms with Crippen molar-refractivity contribution in [2.24, 2.45) is 5.73 Å². The highest BCUT2D eigenvalue weighted by Gasteiger charge is 2.48. The Kier molecular flexibility index (Phi) is 4.80. The van der Waals surface area contributed by atoms with E-state index in [2.05, 4.69) is 25.7 Å². The Balaban J connectivity index is 2.18. The van der Waals surface area contributed by atoms with Gasteiger partial charge in [-0.2, -0.15) is 0 Å². The van der Waals surface area contributed by atoms with Crippen molar-refractivity contribution < 1.29 is 9.47 Å². The van der Waals surface area contributed by atoms with Crippen molar-refractivity contribution in [1.29, 1.82) is 0 Å². The number of nitrogens with zero attached hydrogens (tertiary/aromatic N) is 1. The van der Waals surface area contributed by atoms with Gasteiger partial charge in [0.2, 0.25) is 0 Å². The van der Waals surface area contributed by atoms with E-state index in [-0.39, 0.29) is 16.7 Å². The molecule has 2 N–H and O–H groups in total. The Morgan fingerprint density at radius 3 is 2.65 bits per heavy atom. The second kappa shape index (κ2) is 5.91. The summed E-state index contributed by atoms with van der Waals surface area (Å²) in [5.41, 5.74) is 6.27. The minimum Gasteiger partial charge on any atom is -0.377 e. The van der Waals surface area contributed by atoms with Crippen LogP contribution in [0.5, 0.6) is 0 Å². The standard InChI is InChI=1S/C16H32N2O2/c1-5-14(2)11-16(12-17,8-10-20-14)18-9-6-7-15(3,13-18)19-4/h5-13,17H2,1-4H3. The minimum absolute atomic E-state index is 0.0264. The molecule has 2 heterocycles. The van der Waals surface area contributed by atoms with Gasteiger partial charge in [0.25, 0.3) is 0 Å². The summed E-state index contributed by atoms with van der Waals surface area (Å²) >= 11 is 0. The van der Waals surface area contributed by atoms with Crippen molar-refractivity contribution in [3.8, 4) is 0 Å². The fourth-order valence-corrected chi connectivity index (χ4v) is 3.90. The summed E-state index contributed by atoms with van der Waals surface area (Å²) in [6.45, 7) is 10.3. The van der Waals surface area contributed by atoms with Crippen molar-refractivity contribution in [2.45, 2.75) is 69.6 Å². The lowest BCUT2D eigenvalue weighted by Gasteiger charge is -2.55. The summed E-state index contributed by atoms with van der Waals surface area (Å²) in [4.78, 5) is 2.59. The lowest BCUT2D eigenvalue weighted by atomic mass is 9.76. The van der Waals surface area contributed by atoms with Crippen LogP contribution < -0.4 is 5.73 Å². The van der Waals surface area contributed by atoms with Crippen molar-refractivity contribution >= 4 is 0 Å². The van der Waals surface area contributed by atoms with Gasteiger partial charge in [0.15, 0.2) is 0 Å². The maximum Gasteiger partial charge on any atom is 0.0777 e. The Morgan fingerprint density at radius 1 is 1.30 bits per heavy atom. The minimum atomic E-state index is -0.0292. The Morgan fingerprint density at radius 2 is 2.05 bits per heavy atom. The highest BCUT2D eigenvalue weighted by molar-refractivity contribution is 5.03. The molecule has 0 radical (unpaired) electrons. The van der Waals surface area contributed by atoms with Crippen LogP contribution in [-0.4, -0.2) is 55.0 Å². The van der Waals surface area contributed by atoms with Crippen LogP contribution in [0.1, 0.15) is 52.9 Å². The van der Waals surface area contributed by atoms with Crippen LogP contribution in [0.4, 0.5) is 0 Å². The van der Waals surface area contributed by atoms with Gasteiger partial charge in [-0.05, 0) is 52.5 Å². The maximum absolute atomic E-state index is 6.24.